The summed E-state index contributed by atoms with van der Waals surface area (Å²) in [5, 5.41) is 0. The molecular formula is C15H23NO2. The van der Waals surface area contributed by atoms with Gasteiger partial charge < -0.3 is 15.2 Å². The zero-order valence-electron chi connectivity index (χ0n) is 11.5. The molecule has 100 valence electrons. The molecule has 1 fully saturated rings. The third kappa shape index (κ3) is 3.10. The first-order valence-electron chi connectivity index (χ1n) is 6.62. The maximum atomic E-state index is 5.76. The molecule has 0 saturated carbocycles. The van der Waals surface area contributed by atoms with E-state index in [1.807, 2.05) is 6.92 Å². The van der Waals surface area contributed by atoms with Gasteiger partial charge in [-0.05, 0) is 24.8 Å². The summed E-state index contributed by atoms with van der Waals surface area (Å²) in [6.07, 6.45) is 1.10. The highest BCUT2D eigenvalue weighted by Gasteiger charge is 2.33. The molecule has 0 aromatic heterocycles. The van der Waals surface area contributed by atoms with Crippen molar-refractivity contribution in [3.05, 3.63) is 35.4 Å². The van der Waals surface area contributed by atoms with Gasteiger partial charge in [0.2, 0.25) is 0 Å². The van der Waals surface area contributed by atoms with Gasteiger partial charge in [-0.25, -0.2) is 0 Å². The lowest BCUT2D eigenvalue weighted by atomic mass is 9.99. The van der Waals surface area contributed by atoms with Gasteiger partial charge in [-0.15, -0.1) is 0 Å². The molecule has 0 bridgehead atoms. The van der Waals surface area contributed by atoms with Gasteiger partial charge in [0.1, 0.15) is 0 Å². The molecule has 2 rings (SSSR count). The van der Waals surface area contributed by atoms with Crippen molar-refractivity contribution < 1.29 is 9.47 Å². The number of benzene rings is 1. The Morgan fingerprint density at radius 2 is 1.78 bits per heavy atom. The molecule has 1 aromatic rings. The third-order valence-electron chi connectivity index (χ3n) is 3.27. The zero-order chi connectivity index (χ0) is 13.2. The van der Waals surface area contributed by atoms with E-state index in [1.54, 1.807) is 0 Å². The van der Waals surface area contributed by atoms with Crippen molar-refractivity contribution >= 4 is 0 Å². The van der Waals surface area contributed by atoms with Gasteiger partial charge in [0.05, 0.1) is 19.3 Å². The molecule has 0 atom stereocenters. The van der Waals surface area contributed by atoms with Crippen LogP contribution >= 0.6 is 0 Å². The number of hydrogen-bond donors (Lipinski definition) is 1. The molecule has 1 heterocycles. The van der Waals surface area contributed by atoms with Crippen molar-refractivity contribution in [2.45, 2.75) is 39.0 Å². The average molecular weight is 249 g/mol. The van der Waals surface area contributed by atoms with Gasteiger partial charge in [0.15, 0.2) is 5.79 Å². The van der Waals surface area contributed by atoms with E-state index in [-0.39, 0.29) is 6.04 Å². The Labute approximate surface area is 109 Å². The summed E-state index contributed by atoms with van der Waals surface area (Å²) in [4.78, 5) is 0. The number of ether oxygens (including phenoxy) is 2. The van der Waals surface area contributed by atoms with Crippen LogP contribution < -0.4 is 5.73 Å². The maximum absolute atomic E-state index is 5.76. The number of rotatable bonds is 3. The first kappa shape index (κ1) is 13.5. The Balaban J connectivity index is 2.09. The Morgan fingerprint density at radius 1 is 1.22 bits per heavy atom. The zero-order valence-corrected chi connectivity index (χ0v) is 11.5. The highest BCUT2D eigenvalue weighted by Crippen LogP contribution is 2.30. The summed E-state index contributed by atoms with van der Waals surface area (Å²) >= 11 is 0. The minimum atomic E-state index is -0.647. The van der Waals surface area contributed by atoms with Crippen molar-refractivity contribution in [1.29, 1.82) is 0 Å². The largest absolute Gasteiger partial charge is 0.344 e. The van der Waals surface area contributed by atoms with Crippen LogP contribution in [-0.4, -0.2) is 19.3 Å². The van der Waals surface area contributed by atoms with Crippen LogP contribution in [0, 0.1) is 5.92 Å². The third-order valence-corrected chi connectivity index (χ3v) is 3.27. The topological polar surface area (TPSA) is 44.5 Å². The molecule has 0 aliphatic carbocycles. The summed E-state index contributed by atoms with van der Waals surface area (Å²) < 4.78 is 11.5. The van der Waals surface area contributed by atoms with Gasteiger partial charge in [0.25, 0.3) is 0 Å². The van der Waals surface area contributed by atoms with Crippen molar-refractivity contribution in [2.75, 3.05) is 13.2 Å². The van der Waals surface area contributed by atoms with Crippen LogP contribution in [0.3, 0.4) is 0 Å². The lowest BCUT2D eigenvalue weighted by Gasteiger charge is -2.36. The predicted molar refractivity (Wildman–Crippen MR) is 72.2 cm³/mol. The molecule has 18 heavy (non-hydrogen) atoms. The Hall–Kier alpha value is -0.900. The SMILES string of the molecule is CC(C)Cc1ccc(C2(C)OCC(N)CO2)cc1. The van der Waals surface area contributed by atoms with Gasteiger partial charge in [0, 0.05) is 5.56 Å². The summed E-state index contributed by atoms with van der Waals surface area (Å²) in [6, 6.07) is 8.48. The molecule has 2 N–H and O–H groups in total. The smallest absolute Gasteiger partial charge is 0.192 e. The molecule has 0 radical (unpaired) electrons. The quantitative estimate of drug-likeness (QED) is 0.894. The highest BCUT2D eigenvalue weighted by atomic mass is 16.7. The summed E-state index contributed by atoms with van der Waals surface area (Å²) in [5.74, 6) is 0.0262. The average Bonchev–Trinajstić information content (AvgIpc) is 2.33. The van der Waals surface area contributed by atoms with Gasteiger partial charge in [-0.1, -0.05) is 38.1 Å². The first-order valence-corrected chi connectivity index (χ1v) is 6.62. The van der Waals surface area contributed by atoms with E-state index in [9.17, 15) is 0 Å². The summed E-state index contributed by atoms with van der Waals surface area (Å²) in [6.45, 7) is 7.50. The Morgan fingerprint density at radius 3 is 2.28 bits per heavy atom. The number of nitrogens with two attached hydrogens (primary N) is 1. The molecular weight excluding hydrogens is 226 g/mol. The van der Waals surface area contributed by atoms with Crippen molar-refractivity contribution in [2.24, 2.45) is 11.7 Å². The highest BCUT2D eigenvalue weighted by molar-refractivity contribution is 5.26. The van der Waals surface area contributed by atoms with E-state index in [4.69, 9.17) is 15.2 Å². The summed E-state index contributed by atoms with van der Waals surface area (Å²) in [5.41, 5.74) is 8.17. The van der Waals surface area contributed by atoms with Gasteiger partial charge in [-0.3, -0.25) is 0 Å². The fourth-order valence-electron chi connectivity index (χ4n) is 2.20. The van der Waals surface area contributed by atoms with Crippen LogP contribution in [0.15, 0.2) is 24.3 Å². The Kier molecular flexibility index (Phi) is 4.05. The lowest BCUT2D eigenvalue weighted by molar-refractivity contribution is -0.270. The maximum Gasteiger partial charge on any atom is 0.192 e. The van der Waals surface area contributed by atoms with Crippen molar-refractivity contribution in [3.8, 4) is 0 Å². The van der Waals surface area contributed by atoms with E-state index in [0.29, 0.717) is 19.1 Å². The molecule has 0 unspecified atom stereocenters. The monoisotopic (exact) mass is 249 g/mol. The second-order valence-corrected chi connectivity index (χ2v) is 5.62. The molecule has 0 amide bonds. The van der Waals surface area contributed by atoms with Crippen LogP contribution in [0.1, 0.15) is 31.9 Å². The van der Waals surface area contributed by atoms with E-state index in [1.165, 1.54) is 5.56 Å². The van der Waals surface area contributed by atoms with E-state index < -0.39 is 5.79 Å². The molecule has 0 spiro atoms. The van der Waals surface area contributed by atoms with E-state index >= 15 is 0 Å². The van der Waals surface area contributed by atoms with Gasteiger partial charge in [-0.2, -0.15) is 0 Å². The minimum Gasteiger partial charge on any atom is -0.344 e. The standard InChI is InChI=1S/C15H23NO2/c1-11(2)8-12-4-6-13(7-5-12)15(3)17-9-14(16)10-18-15/h4-7,11,14H,8-10,16H2,1-3H3. The fourth-order valence-corrected chi connectivity index (χ4v) is 2.20. The van der Waals surface area contributed by atoms with Crippen LogP contribution in [0.5, 0.6) is 0 Å². The lowest BCUT2D eigenvalue weighted by Crippen LogP contribution is -2.46. The second kappa shape index (κ2) is 5.39. The molecule has 1 saturated heterocycles. The fraction of sp³-hybridized carbons (Fsp3) is 0.600. The minimum absolute atomic E-state index is 0.0155. The summed E-state index contributed by atoms with van der Waals surface area (Å²) in [7, 11) is 0. The van der Waals surface area contributed by atoms with Crippen LogP contribution in [0.4, 0.5) is 0 Å². The van der Waals surface area contributed by atoms with E-state index in [2.05, 4.69) is 38.1 Å². The second-order valence-electron chi connectivity index (χ2n) is 5.62. The molecule has 1 aliphatic rings. The molecule has 3 nitrogen and oxygen atoms in total. The molecule has 1 aliphatic heterocycles. The van der Waals surface area contributed by atoms with Gasteiger partial charge >= 0.3 is 0 Å². The molecule has 1 aromatic carbocycles. The molecule has 3 heteroatoms. The van der Waals surface area contributed by atoms with E-state index in [0.717, 1.165) is 12.0 Å². The normalized spacial score (nSPS) is 28.6. The van der Waals surface area contributed by atoms with Crippen molar-refractivity contribution in [3.63, 3.8) is 0 Å². The van der Waals surface area contributed by atoms with Crippen LogP contribution in [0.2, 0.25) is 0 Å². The predicted octanol–water partition coefficient (Wildman–Crippen LogP) is 2.43. The van der Waals surface area contributed by atoms with Crippen molar-refractivity contribution in [1.82, 2.24) is 0 Å². The Bertz CT molecular complexity index is 378. The number of hydrogen-bond acceptors (Lipinski definition) is 3. The van der Waals surface area contributed by atoms with Crippen LogP contribution in [-0.2, 0) is 21.7 Å². The van der Waals surface area contributed by atoms with Crippen LogP contribution in [0.25, 0.3) is 0 Å². The first-order chi connectivity index (χ1) is 8.49.